The van der Waals surface area contributed by atoms with Gasteiger partial charge in [0.1, 0.15) is 5.76 Å². The second kappa shape index (κ2) is 6.68. The molecule has 0 spiro atoms. The van der Waals surface area contributed by atoms with Gasteiger partial charge in [-0.1, -0.05) is 13.5 Å². The van der Waals surface area contributed by atoms with Crippen molar-refractivity contribution in [2.45, 2.75) is 39.0 Å². The van der Waals surface area contributed by atoms with Crippen molar-refractivity contribution >= 4 is 5.91 Å². The molecule has 1 amide bonds. The zero-order valence-electron chi connectivity index (χ0n) is 12.3. The summed E-state index contributed by atoms with van der Waals surface area (Å²) in [5.74, 6) is -0.0768. The first-order valence-corrected chi connectivity index (χ1v) is 7.10. The minimum Gasteiger partial charge on any atom is -0.427 e. The number of halogens is 2. The highest BCUT2D eigenvalue weighted by atomic mass is 19.3. The molecule has 1 N–H and O–H groups in total. The Kier molecular flexibility index (Phi) is 4.90. The molecular weight excluding hydrogens is 292 g/mol. The van der Waals surface area contributed by atoms with Crippen LogP contribution in [0.3, 0.4) is 0 Å². The monoisotopic (exact) mass is 309 g/mol. The Morgan fingerprint density at radius 2 is 2.14 bits per heavy atom. The van der Waals surface area contributed by atoms with Crippen LogP contribution >= 0.6 is 0 Å². The third-order valence-electron chi connectivity index (χ3n) is 3.63. The average molecular weight is 309 g/mol. The van der Waals surface area contributed by atoms with Gasteiger partial charge in [0.05, 0.1) is 5.56 Å². The predicted octanol–water partition coefficient (Wildman–Crippen LogP) is 3.32. The molecule has 0 radical (unpaired) electrons. The molecular formula is C16H17F2NO3. The summed E-state index contributed by atoms with van der Waals surface area (Å²) < 4.78 is 30.3. The maximum absolute atomic E-state index is 12.6. The number of aryl methyl sites for hydroxylation is 1. The molecule has 0 aromatic carbocycles. The van der Waals surface area contributed by atoms with Gasteiger partial charge in [-0.25, -0.2) is 4.79 Å². The molecule has 0 saturated heterocycles. The maximum atomic E-state index is 12.6. The first kappa shape index (κ1) is 16.1. The highest BCUT2D eigenvalue weighted by Crippen LogP contribution is 2.23. The van der Waals surface area contributed by atoms with Crippen LogP contribution in [0.1, 0.15) is 47.9 Å². The Morgan fingerprint density at radius 1 is 1.41 bits per heavy atom. The lowest BCUT2D eigenvalue weighted by atomic mass is 9.96. The lowest BCUT2D eigenvalue weighted by Gasteiger charge is -2.19. The van der Waals surface area contributed by atoms with Crippen LogP contribution in [0.5, 0.6) is 0 Å². The van der Waals surface area contributed by atoms with Gasteiger partial charge in [-0.2, -0.15) is 8.78 Å². The molecule has 6 heteroatoms. The van der Waals surface area contributed by atoms with Crippen LogP contribution < -0.4 is 10.9 Å². The summed E-state index contributed by atoms with van der Waals surface area (Å²) in [6.07, 6.45) is -0.0514. The normalized spacial score (nSPS) is 13.6. The molecule has 1 aliphatic rings. The largest absolute Gasteiger partial charge is 0.427 e. The van der Waals surface area contributed by atoms with Crippen molar-refractivity contribution in [1.82, 2.24) is 5.32 Å². The Balaban J connectivity index is 2.22. The van der Waals surface area contributed by atoms with E-state index in [-0.39, 0.29) is 30.7 Å². The van der Waals surface area contributed by atoms with Crippen molar-refractivity contribution in [2.24, 2.45) is 0 Å². The molecule has 2 rings (SSSR count). The van der Waals surface area contributed by atoms with Crippen LogP contribution in [0.2, 0.25) is 0 Å². The number of allylic oxidation sites excluding steroid dienone is 2. The quantitative estimate of drug-likeness (QED) is 0.907. The van der Waals surface area contributed by atoms with Crippen LogP contribution in [-0.4, -0.2) is 5.91 Å². The number of carbonyl (C=O) groups is 1. The number of amides is 1. The number of hydrogen-bond donors (Lipinski definition) is 1. The standard InChI is InChI=1S/C16H17F2NO3/c1-3-10(15(17)18)5-4-6-11-8-13(20)22-12-7-9(2)19-16(21)14(11)12/h8H,2-7H2,1H3,(H,19,21). The van der Waals surface area contributed by atoms with Gasteiger partial charge in [0.2, 0.25) is 0 Å². The third-order valence-corrected chi connectivity index (χ3v) is 3.63. The first-order valence-electron chi connectivity index (χ1n) is 7.10. The van der Waals surface area contributed by atoms with E-state index in [1.165, 1.54) is 6.07 Å². The van der Waals surface area contributed by atoms with E-state index in [4.69, 9.17) is 4.42 Å². The van der Waals surface area contributed by atoms with Crippen molar-refractivity contribution in [1.29, 1.82) is 0 Å². The minimum atomic E-state index is -1.65. The summed E-state index contributed by atoms with van der Waals surface area (Å²) in [4.78, 5) is 23.6. The van der Waals surface area contributed by atoms with Gasteiger partial charge in [-0.05, 0) is 36.8 Å². The van der Waals surface area contributed by atoms with Gasteiger partial charge in [0.25, 0.3) is 12.0 Å². The lowest BCUT2D eigenvalue weighted by molar-refractivity contribution is 0.0952. The molecule has 0 unspecified atom stereocenters. The van der Waals surface area contributed by atoms with Crippen molar-refractivity contribution in [3.8, 4) is 0 Å². The average Bonchev–Trinajstić information content (AvgIpc) is 2.41. The maximum Gasteiger partial charge on any atom is 0.336 e. The van der Waals surface area contributed by atoms with Gasteiger partial charge in [0.15, 0.2) is 0 Å². The van der Waals surface area contributed by atoms with Crippen LogP contribution in [-0.2, 0) is 12.8 Å². The van der Waals surface area contributed by atoms with E-state index in [1.807, 2.05) is 0 Å². The zero-order valence-corrected chi connectivity index (χ0v) is 12.3. The number of nitrogens with one attached hydrogen (secondary N) is 1. The van der Waals surface area contributed by atoms with Crippen LogP contribution in [0.15, 0.2) is 39.2 Å². The highest BCUT2D eigenvalue weighted by molar-refractivity contribution is 5.98. The van der Waals surface area contributed by atoms with Gasteiger partial charge in [-0.3, -0.25) is 4.79 Å². The molecule has 4 nitrogen and oxygen atoms in total. The smallest absolute Gasteiger partial charge is 0.336 e. The SMILES string of the molecule is C=C1Cc2oc(=O)cc(CCCC(CC)=C(F)F)c2C(=O)N1. The van der Waals surface area contributed by atoms with Crippen molar-refractivity contribution in [2.75, 3.05) is 0 Å². The molecule has 2 heterocycles. The van der Waals surface area contributed by atoms with Crippen LogP contribution in [0, 0.1) is 0 Å². The van der Waals surface area contributed by atoms with Crippen LogP contribution in [0.25, 0.3) is 0 Å². The summed E-state index contributed by atoms with van der Waals surface area (Å²) in [5, 5.41) is 2.60. The van der Waals surface area contributed by atoms with Gasteiger partial charge in [-0.15, -0.1) is 0 Å². The fourth-order valence-electron chi connectivity index (χ4n) is 2.55. The number of hydrogen-bond acceptors (Lipinski definition) is 3. The molecule has 0 atom stereocenters. The summed E-state index contributed by atoms with van der Waals surface area (Å²) in [5.41, 5.74) is 0.892. The third kappa shape index (κ3) is 3.50. The topological polar surface area (TPSA) is 59.3 Å². The summed E-state index contributed by atoms with van der Waals surface area (Å²) in [6.45, 7) is 5.33. The summed E-state index contributed by atoms with van der Waals surface area (Å²) >= 11 is 0. The molecule has 1 aliphatic heterocycles. The van der Waals surface area contributed by atoms with E-state index < -0.39 is 11.7 Å². The fourth-order valence-corrected chi connectivity index (χ4v) is 2.55. The molecule has 1 aromatic rings. The number of rotatable bonds is 5. The Bertz CT molecular complexity index is 700. The zero-order chi connectivity index (χ0) is 16.3. The molecule has 0 aliphatic carbocycles. The molecule has 22 heavy (non-hydrogen) atoms. The molecule has 118 valence electrons. The van der Waals surface area contributed by atoms with Gasteiger partial charge < -0.3 is 9.73 Å². The lowest BCUT2D eigenvalue weighted by Crippen LogP contribution is -2.32. The van der Waals surface area contributed by atoms with Gasteiger partial charge in [0, 0.05) is 18.2 Å². The molecule has 0 bridgehead atoms. The number of fused-ring (bicyclic) bond motifs is 1. The minimum absolute atomic E-state index is 0.106. The van der Waals surface area contributed by atoms with E-state index in [0.717, 1.165) is 0 Å². The van der Waals surface area contributed by atoms with Crippen LogP contribution in [0.4, 0.5) is 8.78 Å². The Labute approximate surface area is 126 Å². The Hall–Kier alpha value is -2.24. The number of carbonyl (C=O) groups excluding carboxylic acids is 1. The second-order valence-corrected chi connectivity index (χ2v) is 5.19. The van der Waals surface area contributed by atoms with Gasteiger partial charge >= 0.3 is 5.63 Å². The van der Waals surface area contributed by atoms with E-state index in [2.05, 4.69) is 11.9 Å². The first-order chi connectivity index (χ1) is 10.4. The molecule has 1 aromatic heterocycles. The van der Waals surface area contributed by atoms with E-state index in [9.17, 15) is 18.4 Å². The molecule has 0 saturated carbocycles. The fraction of sp³-hybridized carbons (Fsp3) is 0.375. The predicted molar refractivity (Wildman–Crippen MR) is 77.8 cm³/mol. The van der Waals surface area contributed by atoms with E-state index >= 15 is 0 Å². The van der Waals surface area contributed by atoms with E-state index in [0.29, 0.717) is 35.4 Å². The second-order valence-electron chi connectivity index (χ2n) is 5.19. The molecule has 0 fully saturated rings. The Morgan fingerprint density at radius 3 is 2.77 bits per heavy atom. The van der Waals surface area contributed by atoms with E-state index in [1.54, 1.807) is 6.92 Å². The summed E-state index contributed by atoms with van der Waals surface area (Å²) in [6, 6.07) is 1.26. The van der Waals surface area contributed by atoms with Crippen molar-refractivity contribution < 1.29 is 18.0 Å². The van der Waals surface area contributed by atoms with Crippen molar-refractivity contribution in [3.05, 3.63) is 57.3 Å². The van der Waals surface area contributed by atoms with Crippen molar-refractivity contribution in [3.63, 3.8) is 0 Å². The highest BCUT2D eigenvalue weighted by Gasteiger charge is 2.25. The summed E-state index contributed by atoms with van der Waals surface area (Å²) in [7, 11) is 0.